The van der Waals surface area contributed by atoms with Gasteiger partial charge >= 0.3 is 6.18 Å². The maximum atomic E-state index is 14.6. The van der Waals surface area contributed by atoms with Crippen molar-refractivity contribution in [3.05, 3.63) is 59.4 Å². The van der Waals surface area contributed by atoms with Crippen LogP contribution < -0.4 is 4.74 Å². The van der Waals surface area contributed by atoms with Crippen LogP contribution in [0.15, 0.2) is 42.6 Å². The van der Waals surface area contributed by atoms with Gasteiger partial charge in [-0.2, -0.15) is 13.2 Å². The largest absolute Gasteiger partial charge is 0.478 e. The van der Waals surface area contributed by atoms with Crippen LogP contribution in [-0.2, 0) is 33.7 Å². The van der Waals surface area contributed by atoms with Gasteiger partial charge in [0, 0.05) is 82.4 Å². The maximum Gasteiger partial charge on any atom is 0.416 e. The summed E-state index contributed by atoms with van der Waals surface area (Å²) < 4.78 is 56.7. The van der Waals surface area contributed by atoms with Gasteiger partial charge < -0.3 is 34.0 Å². The number of halogens is 3. The Bertz CT molecular complexity index is 1960. The molecule has 17 heteroatoms. The molecule has 3 aromatic rings. The number of hydrogen-bond donors (Lipinski definition) is 0. The topological polar surface area (TPSA) is 129 Å². The third kappa shape index (κ3) is 9.89. The molecule has 0 aliphatic carbocycles. The molecule has 59 heavy (non-hydrogen) atoms. The minimum Gasteiger partial charge on any atom is -0.478 e. The second kappa shape index (κ2) is 17.9. The first-order valence-electron chi connectivity index (χ1n) is 21.1. The van der Waals surface area contributed by atoms with Gasteiger partial charge in [0.05, 0.1) is 43.3 Å². The van der Waals surface area contributed by atoms with E-state index in [1.54, 1.807) is 28.0 Å². The molecule has 318 valence electrons. The van der Waals surface area contributed by atoms with Crippen LogP contribution in [0.2, 0.25) is 0 Å². The van der Waals surface area contributed by atoms with Crippen molar-refractivity contribution in [2.75, 3.05) is 79.1 Å². The zero-order chi connectivity index (χ0) is 41.1. The Morgan fingerprint density at radius 1 is 0.932 bits per heavy atom. The molecule has 6 bridgehead atoms. The fraction of sp³-hybridized carbons (Fsp3) is 0.619. The average molecular weight is 822 g/mol. The molecule has 0 radical (unpaired) electrons. The SMILES string of the molecule is CN1CCN(C(=O)C[C@@H]2CCN3C[C@@H]2CCOc2cc(C(F)(F)F)cc(n2)-c2cccc(c2)C(=O)N2C[C@H](OCc4cn(CCN5CCCCC5)nn4)C[C@H]2C3=O)CC1. The number of carbonyl (C=O) groups is 3. The number of fused-ring (bicyclic) bond motifs is 8. The lowest BCUT2D eigenvalue weighted by molar-refractivity contribution is -0.140. The quantitative estimate of drug-likeness (QED) is 0.328. The molecular weight excluding hydrogens is 768 g/mol. The standard InChI is InChI=1S/C42H54F3N9O5/c1-49-13-16-51(17-14-49)39(55)21-29-8-12-52-25-32(29)9-19-58-38-23-33(42(43,44)45)22-36(46-38)30-6-5-7-31(20-30)40(56)54-27-35(24-37(54)41(52)57)59-28-34-26-53(48-47-34)18-15-50-10-3-2-4-11-50/h5-7,20,22-23,26,29,32,35,37H,2-4,8-19,21,24-25,27-28H2,1H3/t29-,32-,35+,37-/m0/s1. The number of likely N-dealkylation sites (N-methyl/N-ethyl adjacent to an activating group) is 1. The van der Waals surface area contributed by atoms with Crippen molar-refractivity contribution in [1.29, 1.82) is 0 Å². The lowest BCUT2D eigenvalue weighted by Crippen LogP contribution is -2.53. The second-order valence-electron chi connectivity index (χ2n) is 16.8. The number of piperazine rings is 1. The van der Waals surface area contributed by atoms with Gasteiger partial charge in [-0.1, -0.05) is 23.8 Å². The first-order chi connectivity index (χ1) is 28.5. The lowest BCUT2D eigenvalue weighted by atomic mass is 9.80. The summed E-state index contributed by atoms with van der Waals surface area (Å²) in [5, 5.41) is 8.62. The molecular formula is C42H54F3N9O5. The normalized spacial score (nSPS) is 24.9. The lowest BCUT2D eigenvalue weighted by Gasteiger charge is -2.41. The van der Waals surface area contributed by atoms with Crippen molar-refractivity contribution in [1.82, 2.24) is 44.5 Å². The van der Waals surface area contributed by atoms with Crippen LogP contribution >= 0.6 is 0 Å². The molecule has 0 spiro atoms. The van der Waals surface area contributed by atoms with E-state index in [1.807, 2.05) is 22.8 Å². The zero-order valence-electron chi connectivity index (χ0n) is 33.7. The number of nitrogens with zero attached hydrogens (tertiary/aromatic N) is 9. The number of carbonyl (C=O) groups excluding carboxylic acids is 3. The van der Waals surface area contributed by atoms with E-state index in [0.29, 0.717) is 56.7 Å². The summed E-state index contributed by atoms with van der Waals surface area (Å²) in [6.07, 6.45) is 1.97. The molecule has 7 heterocycles. The molecule has 4 fully saturated rings. The summed E-state index contributed by atoms with van der Waals surface area (Å²) in [6, 6.07) is 7.31. The van der Waals surface area contributed by atoms with Crippen LogP contribution in [0.4, 0.5) is 13.2 Å². The van der Waals surface area contributed by atoms with Crippen molar-refractivity contribution >= 4 is 17.7 Å². The number of benzene rings is 1. The molecule has 0 unspecified atom stereocenters. The monoisotopic (exact) mass is 821 g/mol. The van der Waals surface area contributed by atoms with Crippen molar-refractivity contribution in [2.24, 2.45) is 11.8 Å². The molecule has 3 amide bonds. The predicted molar refractivity (Wildman–Crippen MR) is 210 cm³/mol. The number of amides is 3. The molecule has 4 atom stereocenters. The number of pyridine rings is 1. The number of rotatable bonds is 8. The Morgan fingerprint density at radius 3 is 2.53 bits per heavy atom. The number of likely N-dealkylation sites (tertiary alicyclic amines) is 1. The highest BCUT2D eigenvalue weighted by molar-refractivity contribution is 5.99. The molecule has 5 aliphatic heterocycles. The van der Waals surface area contributed by atoms with Gasteiger partial charge in [-0.25, -0.2) is 4.98 Å². The highest BCUT2D eigenvalue weighted by Gasteiger charge is 2.44. The Balaban J connectivity index is 1.04. The van der Waals surface area contributed by atoms with E-state index in [4.69, 9.17) is 9.47 Å². The van der Waals surface area contributed by atoms with Gasteiger partial charge in [0.25, 0.3) is 5.91 Å². The van der Waals surface area contributed by atoms with E-state index in [2.05, 4.69) is 25.1 Å². The fourth-order valence-electron chi connectivity index (χ4n) is 9.20. The van der Waals surface area contributed by atoms with Crippen molar-refractivity contribution in [3.63, 3.8) is 0 Å². The first kappa shape index (κ1) is 41.1. The number of aromatic nitrogens is 4. The minimum atomic E-state index is -4.66. The van der Waals surface area contributed by atoms with Gasteiger partial charge in [-0.3, -0.25) is 19.1 Å². The molecule has 1 aromatic carbocycles. The first-order valence-corrected chi connectivity index (χ1v) is 21.1. The van der Waals surface area contributed by atoms with E-state index in [9.17, 15) is 27.6 Å². The molecule has 8 rings (SSSR count). The number of hydrogen-bond acceptors (Lipinski definition) is 10. The Morgan fingerprint density at radius 2 is 1.73 bits per heavy atom. The van der Waals surface area contributed by atoms with Gasteiger partial charge in [0.2, 0.25) is 17.7 Å². The van der Waals surface area contributed by atoms with Crippen LogP contribution in [0.3, 0.4) is 0 Å². The van der Waals surface area contributed by atoms with E-state index in [0.717, 1.165) is 51.4 Å². The highest BCUT2D eigenvalue weighted by Crippen LogP contribution is 2.36. The Kier molecular flexibility index (Phi) is 12.5. The summed E-state index contributed by atoms with van der Waals surface area (Å²) in [6.45, 7) is 7.79. The maximum absolute atomic E-state index is 14.6. The molecule has 5 aliphatic rings. The second-order valence-corrected chi connectivity index (χ2v) is 16.8. The van der Waals surface area contributed by atoms with E-state index in [-0.39, 0.29) is 67.0 Å². The van der Waals surface area contributed by atoms with Crippen LogP contribution in [0.25, 0.3) is 11.3 Å². The van der Waals surface area contributed by atoms with Crippen molar-refractivity contribution in [2.45, 2.75) is 76.4 Å². The third-order valence-electron chi connectivity index (χ3n) is 12.7. The third-order valence-corrected chi connectivity index (χ3v) is 12.7. The highest BCUT2D eigenvalue weighted by atomic mass is 19.4. The van der Waals surface area contributed by atoms with Crippen LogP contribution in [0, 0.1) is 11.8 Å². The predicted octanol–water partition coefficient (Wildman–Crippen LogP) is 4.06. The molecule has 0 N–H and O–H groups in total. The van der Waals surface area contributed by atoms with E-state index < -0.39 is 29.8 Å². The molecule has 0 saturated carbocycles. The molecule has 2 aromatic heterocycles. The van der Waals surface area contributed by atoms with Crippen LogP contribution in [0.1, 0.15) is 66.6 Å². The van der Waals surface area contributed by atoms with Crippen molar-refractivity contribution < 1.29 is 37.0 Å². The van der Waals surface area contributed by atoms with Crippen LogP contribution in [0.5, 0.6) is 5.88 Å². The Labute approximate surface area is 342 Å². The summed E-state index contributed by atoms with van der Waals surface area (Å²) in [5.41, 5.74) is 0.267. The minimum absolute atomic E-state index is 0.00953. The van der Waals surface area contributed by atoms with Crippen LogP contribution in [-0.4, -0.2) is 153 Å². The van der Waals surface area contributed by atoms with Gasteiger partial charge in [-0.15, -0.1) is 5.10 Å². The fourth-order valence-corrected chi connectivity index (χ4v) is 9.20. The smallest absolute Gasteiger partial charge is 0.416 e. The summed E-state index contributed by atoms with van der Waals surface area (Å²) in [4.78, 5) is 56.9. The molecule has 14 nitrogen and oxygen atoms in total. The Hall–Kier alpha value is -4.61. The van der Waals surface area contributed by atoms with Crippen molar-refractivity contribution in [3.8, 4) is 17.1 Å². The van der Waals surface area contributed by atoms with Gasteiger partial charge in [0.1, 0.15) is 11.7 Å². The average Bonchev–Trinajstić information content (AvgIpc) is 3.89. The van der Waals surface area contributed by atoms with E-state index >= 15 is 0 Å². The summed E-state index contributed by atoms with van der Waals surface area (Å²) >= 11 is 0. The summed E-state index contributed by atoms with van der Waals surface area (Å²) in [7, 11) is 2.03. The zero-order valence-corrected chi connectivity index (χ0v) is 33.7. The number of ether oxygens (including phenoxy) is 2. The van der Waals surface area contributed by atoms with E-state index in [1.165, 1.54) is 25.3 Å². The van der Waals surface area contributed by atoms with Gasteiger partial charge in [0.15, 0.2) is 0 Å². The molecule has 4 saturated heterocycles. The summed E-state index contributed by atoms with van der Waals surface area (Å²) in [5.74, 6) is -0.980. The number of alkyl halides is 3. The van der Waals surface area contributed by atoms with Gasteiger partial charge in [-0.05, 0) is 75.9 Å². The number of piperidine rings is 2.